The molecule has 0 aliphatic rings. The van der Waals surface area contributed by atoms with Gasteiger partial charge in [-0.15, -0.1) is 0 Å². The number of aromatic nitrogens is 2. The van der Waals surface area contributed by atoms with Gasteiger partial charge in [0, 0.05) is 19.7 Å². The number of nitrogen functional groups attached to an aromatic ring is 1. The maximum absolute atomic E-state index is 5.53. The molecule has 0 saturated heterocycles. The fourth-order valence-corrected chi connectivity index (χ4v) is 0.727. The first kappa shape index (κ1) is 7.08. The number of rotatable bonds is 3. The van der Waals surface area contributed by atoms with Gasteiger partial charge in [-0.3, -0.25) is 5.10 Å². The summed E-state index contributed by atoms with van der Waals surface area (Å²) in [6.07, 6.45) is 2.44. The van der Waals surface area contributed by atoms with E-state index in [4.69, 9.17) is 10.5 Å². The number of hydrogen-bond donors (Lipinski definition) is 2. The van der Waals surface area contributed by atoms with Gasteiger partial charge in [-0.1, -0.05) is 0 Å². The number of hydrogen-bond acceptors (Lipinski definition) is 3. The lowest BCUT2D eigenvalue weighted by Crippen LogP contribution is -1.97. The first-order valence-corrected chi connectivity index (χ1v) is 3.11. The first-order chi connectivity index (χ1) is 4.84. The first-order valence-electron chi connectivity index (χ1n) is 3.11. The quantitative estimate of drug-likeness (QED) is 0.631. The van der Waals surface area contributed by atoms with Crippen LogP contribution >= 0.6 is 0 Å². The number of nitrogens with one attached hydrogen (secondary N) is 1. The van der Waals surface area contributed by atoms with E-state index in [1.165, 1.54) is 0 Å². The average Bonchev–Trinajstić information content (AvgIpc) is 2.31. The van der Waals surface area contributed by atoms with Gasteiger partial charge in [-0.25, -0.2) is 0 Å². The van der Waals surface area contributed by atoms with Crippen molar-refractivity contribution < 1.29 is 4.74 Å². The molecule has 0 amide bonds. The second-order valence-corrected chi connectivity index (χ2v) is 2.03. The second-order valence-electron chi connectivity index (χ2n) is 2.03. The van der Waals surface area contributed by atoms with Crippen LogP contribution < -0.4 is 5.73 Å². The van der Waals surface area contributed by atoms with Crippen molar-refractivity contribution in [3.8, 4) is 0 Å². The number of anilines is 1. The third-order valence-electron chi connectivity index (χ3n) is 1.30. The Morgan fingerprint density at radius 2 is 2.60 bits per heavy atom. The molecular weight excluding hydrogens is 130 g/mol. The molecule has 0 spiro atoms. The molecule has 0 fully saturated rings. The zero-order valence-corrected chi connectivity index (χ0v) is 5.92. The standard InChI is InChI=1S/C6H11N3O/c1-10-3-2-6-5(7)4-8-9-6/h4H,2-3,7H2,1H3,(H,8,9). The molecule has 0 aliphatic heterocycles. The molecule has 3 N–H and O–H groups in total. The lowest BCUT2D eigenvalue weighted by molar-refractivity contribution is 0.201. The summed E-state index contributed by atoms with van der Waals surface area (Å²) >= 11 is 0. The van der Waals surface area contributed by atoms with Crippen LogP contribution in [0.15, 0.2) is 6.20 Å². The van der Waals surface area contributed by atoms with Gasteiger partial charge in [0.1, 0.15) is 0 Å². The van der Waals surface area contributed by atoms with Gasteiger partial charge in [0.15, 0.2) is 0 Å². The summed E-state index contributed by atoms with van der Waals surface area (Å²) in [7, 11) is 1.66. The summed E-state index contributed by atoms with van der Waals surface area (Å²) in [6.45, 7) is 0.662. The number of ether oxygens (including phenoxy) is 1. The summed E-state index contributed by atoms with van der Waals surface area (Å²) in [5.74, 6) is 0. The van der Waals surface area contributed by atoms with Crippen molar-refractivity contribution >= 4 is 5.69 Å². The minimum Gasteiger partial charge on any atom is -0.396 e. The van der Waals surface area contributed by atoms with Crippen molar-refractivity contribution in [3.05, 3.63) is 11.9 Å². The third-order valence-corrected chi connectivity index (χ3v) is 1.30. The highest BCUT2D eigenvalue weighted by atomic mass is 16.5. The normalized spacial score (nSPS) is 10.1. The predicted molar refractivity (Wildman–Crippen MR) is 38.6 cm³/mol. The Hall–Kier alpha value is -1.03. The summed E-state index contributed by atoms with van der Waals surface area (Å²) in [6, 6.07) is 0. The Balaban J connectivity index is 2.49. The Morgan fingerprint density at radius 3 is 3.10 bits per heavy atom. The van der Waals surface area contributed by atoms with Crippen molar-refractivity contribution in [2.45, 2.75) is 6.42 Å². The van der Waals surface area contributed by atoms with Crippen LogP contribution in [0.2, 0.25) is 0 Å². The van der Waals surface area contributed by atoms with Gasteiger partial charge < -0.3 is 10.5 Å². The molecule has 0 aromatic carbocycles. The van der Waals surface area contributed by atoms with Crippen LogP contribution in [0.25, 0.3) is 0 Å². The van der Waals surface area contributed by atoms with Crippen LogP contribution in [0.1, 0.15) is 5.69 Å². The Labute approximate surface area is 59.4 Å². The molecule has 4 nitrogen and oxygen atoms in total. The van der Waals surface area contributed by atoms with Gasteiger partial charge in [0.2, 0.25) is 0 Å². The fourth-order valence-electron chi connectivity index (χ4n) is 0.727. The lowest BCUT2D eigenvalue weighted by atomic mass is 10.3. The molecule has 0 bridgehead atoms. The maximum atomic E-state index is 5.53. The van der Waals surface area contributed by atoms with Crippen molar-refractivity contribution in [3.63, 3.8) is 0 Å². The number of methoxy groups -OCH3 is 1. The zero-order valence-electron chi connectivity index (χ0n) is 5.92. The van der Waals surface area contributed by atoms with Gasteiger partial charge in [0.05, 0.1) is 18.0 Å². The highest BCUT2D eigenvalue weighted by molar-refractivity contribution is 5.39. The van der Waals surface area contributed by atoms with Crippen LogP contribution in [-0.2, 0) is 11.2 Å². The van der Waals surface area contributed by atoms with Crippen LogP contribution in [0.3, 0.4) is 0 Å². The topological polar surface area (TPSA) is 63.9 Å². The summed E-state index contributed by atoms with van der Waals surface area (Å²) in [5, 5.41) is 6.60. The Morgan fingerprint density at radius 1 is 1.80 bits per heavy atom. The molecule has 56 valence electrons. The maximum Gasteiger partial charge on any atom is 0.0874 e. The molecule has 1 rings (SSSR count). The Bertz CT molecular complexity index is 197. The molecule has 1 aromatic rings. The highest BCUT2D eigenvalue weighted by Gasteiger charge is 1.99. The molecule has 1 heterocycles. The van der Waals surface area contributed by atoms with E-state index in [9.17, 15) is 0 Å². The smallest absolute Gasteiger partial charge is 0.0874 e. The van der Waals surface area contributed by atoms with E-state index in [0.717, 1.165) is 12.1 Å². The van der Waals surface area contributed by atoms with Crippen LogP contribution in [0.5, 0.6) is 0 Å². The minimum absolute atomic E-state index is 0.662. The lowest BCUT2D eigenvalue weighted by Gasteiger charge is -1.94. The van der Waals surface area contributed by atoms with E-state index in [-0.39, 0.29) is 0 Å². The van der Waals surface area contributed by atoms with E-state index in [1.807, 2.05) is 0 Å². The van der Waals surface area contributed by atoms with Gasteiger partial charge in [-0.05, 0) is 0 Å². The summed E-state index contributed by atoms with van der Waals surface area (Å²) in [4.78, 5) is 0. The molecule has 4 heteroatoms. The predicted octanol–water partition coefficient (Wildman–Crippen LogP) is 0.181. The second kappa shape index (κ2) is 3.22. The van der Waals surface area contributed by atoms with E-state index in [1.54, 1.807) is 13.3 Å². The van der Waals surface area contributed by atoms with E-state index >= 15 is 0 Å². The monoisotopic (exact) mass is 141 g/mol. The molecule has 0 radical (unpaired) electrons. The van der Waals surface area contributed by atoms with Gasteiger partial charge in [-0.2, -0.15) is 5.10 Å². The summed E-state index contributed by atoms with van der Waals surface area (Å²) < 4.78 is 4.86. The number of aromatic amines is 1. The van der Waals surface area contributed by atoms with E-state index < -0.39 is 0 Å². The SMILES string of the molecule is COCCc1n[nH]cc1N. The largest absolute Gasteiger partial charge is 0.396 e. The molecule has 1 aromatic heterocycles. The molecule has 10 heavy (non-hydrogen) atoms. The van der Waals surface area contributed by atoms with E-state index in [2.05, 4.69) is 10.2 Å². The van der Waals surface area contributed by atoms with Crippen molar-refractivity contribution in [1.29, 1.82) is 0 Å². The third kappa shape index (κ3) is 1.48. The average molecular weight is 141 g/mol. The van der Waals surface area contributed by atoms with Crippen LogP contribution in [-0.4, -0.2) is 23.9 Å². The number of nitrogens with two attached hydrogens (primary N) is 1. The zero-order chi connectivity index (χ0) is 7.40. The summed E-state index contributed by atoms with van der Waals surface area (Å²) in [5.41, 5.74) is 7.11. The fraction of sp³-hybridized carbons (Fsp3) is 0.500. The van der Waals surface area contributed by atoms with E-state index in [0.29, 0.717) is 12.3 Å². The van der Waals surface area contributed by atoms with Crippen LogP contribution in [0, 0.1) is 0 Å². The Kier molecular flexibility index (Phi) is 2.28. The van der Waals surface area contributed by atoms with Gasteiger partial charge in [0.25, 0.3) is 0 Å². The number of nitrogens with zero attached hydrogens (tertiary/aromatic N) is 1. The van der Waals surface area contributed by atoms with Crippen molar-refractivity contribution in [1.82, 2.24) is 10.2 Å². The van der Waals surface area contributed by atoms with Gasteiger partial charge >= 0.3 is 0 Å². The number of H-pyrrole nitrogens is 1. The molecule has 0 aliphatic carbocycles. The van der Waals surface area contributed by atoms with Crippen molar-refractivity contribution in [2.24, 2.45) is 0 Å². The minimum atomic E-state index is 0.662. The molecule has 0 atom stereocenters. The van der Waals surface area contributed by atoms with Crippen LogP contribution in [0.4, 0.5) is 5.69 Å². The van der Waals surface area contributed by atoms with Crippen molar-refractivity contribution in [2.75, 3.05) is 19.5 Å². The molecular formula is C6H11N3O. The molecule has 0 unspecified atom stereocenters. The molecule has 0 saturated carbocycles. The highest BCUT2D eigenvalue weighted by Crippen LogP contribution is 2.05.